The van der Waals surface area contributed by atoms with Crippen molar-refractivity contribution in [2.45, 2.75) is 25.3 Å². The van der Waals surface area contributed by atoms with Gasteiger partial charge in [-0.1, -0.05) is 0 Å². The monoisotopic (exact) mass is 241 g/mol. The highest BCUT2D eigenvalue weighted by Crippen LogP contribution is 2.06. The van der Waals surface area contributed by atoms with E-state index in [4.69, 9.17) is 0 Å². The van der Waals surface area contributed by atoms with Crippen LogP contribution >= 0.6 is 0 Å². The minimum atomic E-state index is -3.49. The van der Waals surface area contributed by atoms with E-state index in [0.717, 1.165) is 0 Å². The van der Waals surface area contributed by atoms with Gasteiger partial charge < -0.3 is 4.57 Å². The van der Waals surface area contributed by atoms with Crippen molar-refractivity contribution in [1.29, 1.82) is 0 Å². The van der Waals surface area contributed by atoms with Crippen LogP contribution in [0, 0.1) is 18.8 Å². The number of aryl methyl sites for hydroxylation is 2. The van der Waals surface area contributed by atoms with Gasteiger partial charge in [0, 0.05) is 26.2 Å². The first-order valence-electron chi connectivity index (χ1n) is 4.86. The van der Waals surface area contributed by atoms with Gasteiger partial charge in [-0.15, -0.1) is 11.8 Å². The van der Waals surface area contributed by atoms with Crippen molar-refractivity contribution < 1.29 is 8.42 Å². The van der Waals surface area contributed by atoms with Crippen molar-refractivity contribution in [3.63, 3.8) is 0 Å². The maximum atomic E-state index is 11.7. The summed E-state index contributed by atoms with van der Waals surface area (Å²) < 4.78 is 27.6. The Labute approximate surface area is 95.9 Å². The second-order valence-electron chi connectivity index (χ2n) is 3.31. The molecule has 88 valence electrons. The highest BCUT2D eigenvalue weighted by atomic mass is 32.2. The number of imidazole rings is 1. The standard InChI is InChI=1S/C10H15N3O2S/c1-4-5-6-7-11-16(14,15)10-8-13(3)9(2)12-10/h8,11H,6-7H2,1-3H3. The molecule has 16 heavy (non-hydrogen) atoms. The molecule has 0 aliphatic rings. The number of aromatic nitrogens is 2. The largest absolute Gasteiger partial charge is 0.337 e. The molecular formula is C10H15N3O2S. The number of hydrogen-bond acceptors (Lipinski definition) is 3. The summed E-state index contributed by atoms with van der Waals surface area (Å²) in [4.78, 5) is 3.96. The molecule has 0 aliphatic carbocycles. The molecule has 1 heterocycles. The van der Waals surface area contributed by atoms with Crippen LogP contribution in [0.4, 0.5) is 0 Å². The Morgan fingerprint density at radius 3 is 2.75 bits per heavy atom. The Kier molecular flexibility index (Phi) is 4.10. The highest BCUT2D eigenvalue weighted by molar-refractivity contribution is 7.89. The molecule has 0 radical (unpaired) electrons. The number of sulfonamides is 1. The summed E-state index contributed by atoms with van der Waals surface area (Å²) in [7, 11) is -1.74. The van der Waals surface area contributed by atoms with Gasteiger partial charge in [0.05, 0.1) is 0 Å². The van der Waals surface area contributed by atoms with Crippen LogP contribution in [0.5, 0.6) is 0 Å². The topological polar surface area (TPSA) is 64.0 Å². The fourth-order valence-electron chi connectivity index (χ4n) is 1.10. The summed E-state index contributed by atoms with van der Waals surface area (Å²) in [5, 5.41) is 0.0527. The molecule has 6 heteroatoms. The molecule has 1 aromatic rings. The van der Waals surface area contributed by atoms with E-state index in [1.807, 2.05) is 0 Å². The Balaban J connectivity index is 2.73. The van der Waals surface area contributed by atoms with Gasteiger partial charge in [0.1, 0.15) is 5.82 Å². The highest BCUT2D eigenvalue weighted by Gasteiger charge is 2.17. The van der Waals surface area contributed by atoms with E-state index in [2.05, 4.69) is 21.5 Å². The first kappa shape index (κ1) is 12.7. The zero-order chi connectivity index (χ0) is 12.2. The van der Waals surface area contributed by atoms with Gasteiger partial charge in [-0.2, -0.15) is 0 Å². The van der Waals surface area contributed by atoms with Crippen LogP contribution in [0.15, 0.2) is 11.2 Å². The summed E-state index contributed by atoms with van der Waals surface area (Å²) in [5.41, 5.74) is 0. The molecular weight excluding hydrogens is 226 g/mol. The Hall–Kier alpha value is -1.32. The third kappa shape index (κ3) is 3.08. The third-order valence-electron chi connectivity index (χ3n) is 2.08. The van der Waals surface area contributed by atoms with Crippen molar-refractivity contribution in [3.05, 3.63) is 12.0 Å². The van der Waals surface area contributed by atoms with Gasteiger partial charge >= 0.3 is 0 Å². The zero-order valence-electron chi connectivity index (χ0n) is 9.61. The van der Waals surface area contributed by atoms with Crippen LogP contribution in [0.25, 0.3) is 0 Å². The molecule has 0 bridgehead atoms. The summed E-state index contributed by atoms with van der Waals surface area (Å²) in [6.45, 7) is 3.77. The quantitative estimate of drug-likeness (QED) is 0.614. The van der Waals surface area contributed by atoms with E-state index in [1.165, 1.54) is 6.20 Å². The smallest absolute Gasteiger partial charge is 0.259 e. The average Bonchev–Trinajstić information content (AvgIpc) is 2.55. The third-order valence-corrected chi connectivity index (χ3v) is 3.41. The number of nitrogens with zero attached hydrogens (tertiary/aromatic N) is 2. The Bertz CT molecular complexity index is 500. The number of rotatable bonds is 4. The maximum Gasteiger partial charge on any atom is 0.259 e. The van der Waals surface area contributed by atoms with E-state index in [1.54, 1.807) is 25.5 Å². The summed E-state index contributed by atoms with van der Waals surface area (Å²) in [5.74, 6) is 6.15. The fourth-order valence-corrected chi connectivity index (χ4v) is 2.17. The lowest BCUT2D eigenvalue weighted by Gasteiger charge is -2.00. The van der Waals surface area contributed by atoms with Crippen LogP contribution in [0.1, 0.15) is 19.2 Å². The van der Waals surface area contributed by atoms with Crippen LogP contribution in [-0.4, -0.2) is 24.5 Å². The fraction of sp³-hybridized carbons (Fsp3) is 0.500. The SMILES string of the molecule is CC#CCCNS(=O)(=O)c1cn(C)c(C)n1. The minimum Gasteiger partial charge on any atom is -0.337 e. The van der Waals surface area contributed by atoms with Crippen LogP contribution in [-0.2, 0) is 17.1 Å². The van der Waals surface area contributed by atoms with Gasteiger partial charge in [0.2, 0.25) is 0 Å². The first-order valence-corrected chi connectivity index (χ1v) is 6.35. The van der Waals surface area contributed by atoms with Crippen LogP contribution in [0.3, 0.4) is 0 Å². The number of nitrogens with one attached hydrogen (secondary N) is 1. The van der Waals surface area contributed by atoms with E-state index >= 15 is 0 Å². The predicted molar refractivity (Wildman–Crippen MR) is 61.2 cm³/mol. The lowest BCUT2D eigenvalue weighted by molar-refractivity contribution is 0.579. The molecule has 1 aromatic heterocycles. The van der Waals surface area contributed by atoms with Crippen molar-refractivity contribution in [2.75, 3.05) is 6.54 Å². The lowest BCUT2D eigenvalue weighted by Crippen LogP contribution is -2.24. The Morgan fingerprint density at radius 1 is 1.56 bits per heavy atom. The van der Waals surface area contributed by atoms with Crippen molar-refractivity contribution in [2.24, 2.45) is 7.05 Å². The molecule has 0 amide bonds. The van der Waals surface area contributed by atoms with Gasteiger partial charge in [0.25, 0.3) is 10.0 Å². The molecule has 0 spiro atoms. The summed E-state index contributed by atoms with van der Waals surface area (Å²) >= 11 is 0. The first-order chi connectivity index (χ1) is 7.47. The van der Waals surface area contributed by atoms with E-state index < -0.39 is 10.0 Å². The second kappa shape index (κ2) is 5.14. The lowest BCUT2D eigenvalue weighted by atomic mass is 10.4. The molecule has 0 aliphatic heterocycles. The molecule has 0 unspecified atom stereocenters. The molecule has 0 saturated heterocycles. The molecule has 0 fully saturated rings. The summed E-state index contributed by atoms with van der Waals surface area (Å²) in [6, 6.07) is 0. The number of hydrogen-bond donors (Lipinski definition) is 1. The molecule has 1 N–H and O–H groups in total. The van der Waals surface area contributed by atoms with Crippen molar-refractivity contribution >= 4 is 10.0 Å². The Morgan fingerprint density at radius 2 is 2.25 bits per heavy atom. The second-order valence-corrected chi connectivity index (χ2v) is 5.03. The van der Waals surface area contributed by atoms with Crippen molar-refractivity contribution in [3.8, 4) is 11.8 Å². The molecule has 0 aromatic carbocycles. The van der Waals surface area contributed by atoms with E-state index in [0.29, 0.717) is 18.8 Å². The molecule has 0 atom stereocenters. The van der Waals surface area contributed by atoms with Crippen molar-refractivity contribution in [1.82, 2.24) is 14.3 Å². The van der Waals surface area contributed by atoms with E-state index in [-0.39, 0.29) is 5.03 Å². The normalized spacial score (nSPS) is 10.9. The van der Waals surface area contributed by atoms with Crippen LogP contribution < -0.4 is 4.72 Å². The van der Waals surface area contributed by atoms with Gasteiger partial charge in [-0.3, -0.25) is 0 Å². The molecule has 1 rings (SSSR count). The van der Waals surface area contributed by atoms with Gasteiger partial charge in [-0.25, -0.2) is 18.1 Å². The summed E-state index contributed by atoms with van der Waals surface area (Å²) in [6.07, 6.45) is 1.99. The molecule has 0 saturated carbocycles. The van der Waals surface area contributed by atoms with Gasteiger partial charge in [0.15, 0.2) is 5.03 Å². The predicted octanol–water partition coefficient (Wildman–Crippen LogP) is 0.420. The minimum absolute atomic E-state index is 0.0527. The molecule has 5 nitrogen and oxygen atoms in total. The zero-order valence-corrected chi connectivity index (χ0v) is 10.4. The van der Waals surface area contributed by atoms with Gasteiger partial charge in [-0.05, 0) is 13.8 Å². The average molecular weight is 241 g/mol. The van der Waals surface area contributed by atoms with E-state index in [9.17, 15) is 8.42 Å². The van der Waals surface area contributed by atoms with Crippen LogP contribution in [0.2, 0.25) is 0 Å². The maximum absolute atomic E-state index is 11.7.